The molecule has 9 aromatic carbocycles. The standard InChI is InChI=1S/C50H33NS/c1-3-12-34(13-4-1)36-22-26-41(27-23-36)51(48-33-40-16-7-8-19-43(40)44-20-9-10-21-45(44)48)42-18-11-17-37(30-42)39-25-29-50-47(32-39)46-31-38(24-28-49(46)52-50)35-14-5-2-6-15-35/h1-33H. The van der Waals surface area contributed by atoms with E-state index >= 15 is 0 Å². The summed E-state index contributed by atoms with van der Waals surface area (Å²) in [6, 6.07) is 73.0. The number of fused-ring (bicyclic) bond motifs is 6. The highest BCUT2D eigenvalue weighted by Crippen LogP contribution is 2.44. The average molecular weight is 680 g/mol. The first-order chi connectivity index (χ1) is 25.8. The molecule has 0 atom stereocenters. The Balaban J connectivity index is 1.14. The fourth-order valence-electron chi connectivity index (χ4n) is 7.67. The highest BCUT2D eigenvalue weighted by molar-refractivity contribution is 7.25. The molecule has 0 aliphatic rings. The van der Waals surface area contributed by atoms with Gasteiger partial charge < -0.3 is 4.90 Å². The molecule has 244 valence electrons. The predicted octanol–water partition coefficient (Wildman–Crippen LogP) is 14.8. The molecular weight excluding hydrogens is 647 g/mol. The van der Waals surface area contributed by atoms with Gasteiger partial charge in [-0.1, -0.05) is 146 Å². The van der Waals surface area contributed by atoms with Crippen LogP contribution in [0.2, 0.25) is 0 Å². The molecule has 1 aromatic heterocycles. The van der Waals surface area contributed by atoms with Crippen molar-refractivity contribution in [2.45, 2.75) is 0 Å². The largest absolute Gasteiger partial charge is 0.310 e. The summed E-state index contributed by atoms with van der Waals surface area (Å²) in [5.74, 6) is 0. The zero-order valence-corrected chi connectivity index (χ0v) is 29.2. The van der Waals surface area contributed by atoms with Gasteiger partial charge in [-0.2, -0.15) is 0 Å². The number of thiophene rings is 1. The summed E-state index contributed by atoms with van der Waals surface area (Å²) >= 11 is 1.87. The van der Waals surface area contributed by atoms with Crippen molar-refractivity contribution in [3.05, 3.63) is 200 Å². The first-order valence-electron chi connectivity index (χ1n) is 17.8. The van der Waals surface area contributed by atoms with E-state index in [2.05, 4.69) is 205 Å². The molecule has 0 saturated carbocycles. The van der Waals surface area contributed by atoms with Gasteiger partial charge in [0.2, 0.25) is 0 Å². The Hall–Kier alpha value is -6.48. The van der Waals surface area contributed by atoms with Crippen LogP contribution < -0.4 is 4.90 Å². The molecule has 0 fully saturated rings. The fourth-order valence-corrected chi connectivity index (χ4v) is 8.74. The summed E-state index contributed by atoms with van der Waals surface area (Å²) < 4.78 is 2.62. The van der Waals surface area contributed by atoms with Crippen LogP contribution in [0.1, 0.15) is 0 Å². The maximum Gasteiger partial charge on any atom is 0.0546 e. The van der Waals surface area contributed by atoms with E-state index in [9.17, 15) is 0 Å². The van der Waals surface area contributed by atoms with Crippen LogP contribution >= 0.6 is 11.3 Å². The van der Waals surface area contributed by atoms with Crippen LogP contribution in [0.25, 0.3) is 75.1 Å². The van der Waals surface area contributed by atoms with E-state index in [1.807, 2.05) is 11.3 Å². The Bertz CT molecular complexity index is 2890. The van der Waals surface area contributed by atoms with E-state index in [1.165, 1.54) is 75.1 Å². The second kappa shape index (κ2) is 12.7. The predicted molar refractivity (Wildman–Crippen MR) is 225 cm³/mol. The molecule has 10 rings (SSSR count). The van der Waals surface area contributed by atoms with E-state index < -0.39 is 0 Å². The smallest absolute Gasteiger partial charge is 0.0546 e. The van der Waals surface area contributed by atoms with Crippen molar-refractivity contribution in [2.75, 3.05) is 4.90 Å². The molecule has 1 heterocycles. The molecule has 1 nitrogen and oxygen atoms in total. The summed E-state index contributed by atoms with van der Waals surface area (Å²) in [5, 5.41) is 7.57. The molecular formula is C50H33NS. The number of anilines is 3. The van der Waals surface area contributed by atoms with E-state index in [1.54, 1.807) is 0 Å². The third-order valence-electron chi connectivity index (χ3n) is 10.2. The van der Waals surface area contributed by atoms with E-state index in [0.717, 1.165) is 17.1 Å². The Morgan fingerprint density at radius 1 is 0.288 bits per heavy atom. The topological polar surface area (TPSA) is 3.24 Å². The number of nitrogens with zero attached hydrogens (tertiary/aromatic N) is 1. The van der Waals surface area contributed by atoms with Crippen LogP contribution in [0.3, 0.4) is 0 Å². The van der Waals surface area contributed by atoms with Gasteiger partial charge in [0, 0.05) is 36.9 Å². The van der Waals surface area contributed by atoms with Crippen molar-refractivity contribution >= 4 is 70.1 Å². The zero-order valence-electron chi connectivity index (χ0n) is 28.4. The molecule has 2 heteroatoms. The van der Waals surface area contributed by atoms with Crippen LogP contribution in [-0.4, -0.2) is 0 Å². The molecule has 10 aromatic rings. The number of hydrogen-bond acceptors (Lipinski definition) is 2. The minimum atomic E-state index is 1.12. The molecule has 0 bridgehead atoms. The quantitative estimate of drug-likeness (QED) is 0.158. The minimum Gasteiger partial charge on any atom is -0.310 e. The van der Waals surface area contributed by atoms with E-state index in [-0.39, 0.29) is 0 Å². The van der Waals surface area contributed by atoms with Gasteiger partial charge in [-0.05, 0) is 104 Å². The van der Waals surface area contributed by atoms with Gasteiger partial charge in [-0.3, -0.25) is 0 Å². The Labute approximate surface area is 307 Å². The first kappa shape index (κ1) is 30.4. The lowest BCUT2D eigenvalue weighted by Gasteiger charge is -2.28. The second-order valence-electron chi connectivity index (χ2n) is 13.4. The van der Waals surface area contributed by atoms with Gasteiger partial charge >= 0.3 is 0 Å². The molecule has 0 amide bonds. The maximum absolute atomic E-state index is 2.43. The number of rotatable bonds is 6. The second-order valence-corrected chi connectivity index (χ2v) is 14.4. The van der Waals surface area contributed by atoms with Gasteiger partial charge in [0.25, 0.3) is 0 Å². The van der Waals surface area contributed by atoms with Gasteiger partial charge in [0.15, 0.2) is 0 Å². The van der Waals surface area contributed by atoms with E-state index in [4.69, 9.17) is 0 Å². The maximum atomic E-state index is 2.43. The lowest BCUT2D eigenvalue weighted by atomic mass is 9.97. The highest BCUT2D eigenvalue weighted by atomic mass is 32.1. The summed E-state index contributed by atoms with van der Waals surface area (Å²) in [7, 11) is 0. The van der Waals surface area contributed by atoms with Crippen molar-refractivity contribution < 1.29 is 0 Å². The summed E-state index contributed by atoms with van der Waals surface area (Å²) in [5.41, 5.74) is 10.7. The third-order valence-corrected chi connectivity index (χ3v) is 11.4. The zero-order chi connectivity index (χ0) is 34.4. The lowest BCUT2D eigenvalue weighted by Crippen LogP contribution is -2.10. The van der Waals surface area contributed by atoms with Crippen LogP contribution in [0.15, 0.2) is 200 Å². The molecule has 0 N–H and O–H groups in total. The van der Waals surface area contributed by atoms with Crippen LogP contribution in [0.4, 0.5) is 17.1 Å². The van der Waals surface area contributed by atoms with Gasteiger partial charge in [0.1, 0.15) is 0 Å². The van der Waals surface area contributed by atoms with Crippen molar-refractivity contribution in [3.63, 3.8) is 0 Å². The summed E-state index contributed by atoms with van der Waals surface area (Å²) in [4.78, 5) is 2.43. The molecule has 0 radical (unpaired) electrons. The van der Waals surface area contributed by atoms with Crippen molar-refractivity contribution in [1.82, 2.24) is 0 Å². The Morgan fingerprint density at radius 3 is 1.48 bits per heavy atom. The monoisotopic (exact) mass is 679 g/mol. The molecule has 52 heavy (non-hydrogen) atoms. The van der Waals surface area contributed by atoms with Crippen molar-refractivity contribution in [1.29, 1.82) is 0 Å². The molecule has 0 saturated heterocycles. The van der Waals surface area contributed by atoms with Crippen LogP contribution in [0.5, 0.6) is 0 Å². The van der Waals surface area contributed by atoms with Crippen molar-refractivity contribution in [2.24, 2.45) is 0 Å². The number of benzene rings is 9. The van der Waals surface area contributed by atoms with Crippen LogP contribution in [0, 0.1) is 0 Å². The summed E-state index contributed by atoms with van der Waals surface area (Å²) in [6.45, 7) is 0. The van der Waals surface area contributed by atoms with Gasteiger partial charge in [-0.15, -0.1) is 11.3 Å². The molecule has 0 unspecified atom stereocenters. The molecule has 0 aliphatic carbocycles. The third kappa shape index (κ3) is 5.33. The normalized spacial score (nSPS) is 11.5. The van der Waals surface area contributed by atoms with Crippen LogP contribution in [-0.2, 0) is 0 Å². The average Bonchev–Trinajstić information content (AvgIpc) is 3.59. The first-order valence-corrected chi connectivity index (χ1v) is 18.6. The van der Waals surface area contributed by atoms with Crippen molar-refractivity contribution in [3.8, 4) is 33.4 Å². The molecule has 0 aliphatic heterocycles. The molecule has 0 spiro atoms. The fraction of sp³-hybridized carbons (Fsp3) is 0. The Kier molecular flexibility index (Phi) is 7.41. The number of hydrogen-bond donors (Lipinski definition) is 0. The lowest BCUT2D eigenvalue weighted by molar-refractivity contribution is 1.30. The summed E-state index contributed by atoms with van der Waals surface area (Å²) in [6.07, 6.45) is 0. The van der Waals surface area contributed by atoms with Gasteiger partial charge in [0.05, 0.1) is 5.69 Å². The van der Waals surface area contributed by atoms with E-state index in [0.29, 0.717) is 0 Å². The SMILES string of the molecule is c1ccc(-c2ccc(N(c3cccc(-c4ccc5sc6ccc(-c7ccccc7)cc6c5c4)c3)c3cc4ccccc4c4ccccc34)cc2)cc1. The minimum absolute atomic E-state index is 1.12. The highest BCUT2D eigenvalue weighted by Gasteiger charge is 2.18. The Morgan fingerprint density at radius 2 is 0.788 bits per heavy atom. The van der Waals surface area contributed by atoms with Gasteiger partial charge in [-0.25, -0.2) is 0 Å².